The Morgan fingerprint density at radius 3 is 2.17 bits per heavy atom. The van der Waals surface area contributed by atoms with Gasteiger partial charge in [0.15, 0.2) is 12.1 Å². The Balaban J connectivity index is 2.00. The molecule has 3 aliphatic rings. The van der Waals surface area contributed by atoms with Crippen LogP contribution in [0.5, 0.6) is 0 Å². The molecule has 47 heavy (non-hydrogen) atoms. The van der Waals surface area contributed by atoms with Crippen LogP contribution in [0.2, 0.25) is 0 Å². The topological polar surface area (TPSA) is 121 Å². The predicted molar refractivity (Wildman–Crippen MR) is 180 cm³/mol. The van der Waals surface area contributed by atoms with Gasteiger partial charge in [-0.2, -0.15) is 0 Å². The minimum Gasteiger partial charge on any atom is -0.460 e. The minimum atomic E-state index is -1.55. The molecular formula is C35H64N4O8. The monoisotopic (exact) mass is 668 g/mol. The van der Waals surface area contributed by atoms with E-state index in [9.17, 15) is 19.5 Å². The number of carbonyl (C=O) groups is 3. The summed E-state index contributed by atoms with van der Waals surface area (Å²) in [6.07, 6.45) is -2.73. The van der Waals surface area contributed by atoms with Crippen LogP contribution in [0.25, 0.3) is 0 Å². The number of hydrogen-bond donors (Lipinski definition) is 1. The van der Waals surface area contributed by atoms with E-state index in [1.807, 2.05) is 49.7 Å². The molecule has 0 aromatic carbocycles. The molecule has 3 saturated heterocycles. The number of aliphatic hydroxyl groups excluding tert-OH is 1. The van der Waals surface area contributed by atoms with Crippen LogP contribution in [0.15, 0.2) is 0 Å². The summed E-state index contributed by atoms with van der Waals surface area (Å²) < 4.78 is 25.0. The van der Waals surface area contributed by atoms with E-state index >= 15 is 0 Å². The van der Waals surface area contributed by atoms with E-state index in [2.05, 4.69) is 25.7 Å². The smallest absolute Gasteiger partial charge is 0.319 e. The maximum Gasteiger partial charge on any atom is 0.319 e. The SMILES string of the molecule is CO[C@]1(C)C[C@@H](C)CN(C)[C@@H](C(=O)N2CCN(C(C)C)CC2)[C@H](C)OC(=O)C(C)(C)C(=O)[C@H](C)[C@H]1O[C@@H]1O[C@H](C)C[C@H](N(C)C)[C@H]1O. The van der Waals surface area contributed by atoms with Gasteiger partial charge in [-0.05, 0) is 88.4 Å². The lowest BCUT2D eigenvalue weighted by Gasteiger charge is -2.47. The van der Waals surface area contributed by atoms with Crippen molar-refractivity contribution in [2.75, 3.05) is 61.0 Å². The van der Waals surface area contributed by atoms with E-state index < -0.39 is 53.5 Å². The number of ether oxygens (including phenoxy) is 4. The first-order valence-electron chi connectivity index (χ1n) is 17.4. The van der Waals surface area contributed by atoms with Gasteiger partial charge in [0.2, 0.25) is 5.91 Å². The van der Waals surface area contributed by atoms with Crippen LogP contribution < -0.4 is 0 Å². The first-order valence-corrected chi connectivity index (χ1v) is 17.4. The van der Waals surface area contributed by atoms with Crippen LogP contribution >= 0.6 is 0 Å². The van der Waals surface area contributed by atoms with Crippen LogP contribution in [0, 0.1) is 17.3 Å². The number of carbonyl (C=O) groups excluding carboxylic acids is 3. The zero-order valence-electron chi connectivity index (χ0n) is 31.3. The van der Waals surface area contributed by atoms with Crippen LogP contribution in [0.3, 0.4) is 0 Å². The third kappa shape index (κ3) is 8.93. The number of methoxy groups -OCH3 is 1. The highest BCUT2D eigenvalue weighted by molar-refractivity contribution is 6.04. The van der Waals surface area contributed by atoms with Crippen LogP contribution in [-0.4, -0.2) is 158 Å². The Morgan fingerprint density at radius 1 is 1.04 bits per heavy atom. The molecule has 1 N–H and O–H groups in total. The second-order valence-corrected chi connectivity index (χ2v) is 15.7. The molecule has 12 nitrogen and oxygen atoms in total. The first-order chi connectivity index (χ1) is 21.7. The summed E-state index contributed by atoms with van der Waals surface area (Å²) in [4.78, 5) is 50.4. The molecule has 3 heterocycles. The molecule has 0 unspecified atom stereocenters. The fraction of sp³-hybridized carbons (Fsp3) is 0.914. The first kappa shape index (κ1) is 39.8. The van der Waals surface area contributed by atoms with Gasteiger partial charge in [0, 0.05) is 57.8 Å². The number of cyclic esters (lactones) is 1. The molecule has 3 fully saturated rings. The van der Waals surface area contributed by atoms with Gasteiger partial charge in [-0.25, -0.2) is 0 Å². The lowest BCUT2D eigenvalue weighted by molar-refractivity contribution is -0.295. The van der Waals surface area contributed by atoms with Gasteiger partial charge in [0.25, 0.3) is 0 Å². The zero-order valence-corrected chi connectivity index (χ0v) is 31.3. The van der Waals surface area contributed by atoms with E-state index in [1.54, 1.807) is 34.8 Å². The van der Waals surface area contributed by atoms with Gasteiger partial charge in [-0.3, -0.25) is 24.2 Å². The van der Waals surface area contributed by atoms with E-state index in [4.69, 9.17) is 18.9 Å². The van der Waals surface area contributed by atoms with E-state index in [-0.39, 0.29) is 29.8 Å². The second-order valence-electron chi connectivity index (χ2n) is 15.7. The predicted octanol–water partition coefficient (Wildman–Crippen LogP) is 2.26. The lowest BCUT2D eigenvalue weighted by atomic mass is 9.74. The average Bonchev–Trinajstić information content (AvgIpc) is 2.99. The summed E-state index contributed by atoms with van der Waals surface area (Å²) in [5.41, 5.74) is -2.57. The fourth-order valence-electron chi connectivity index (χ4n) is 7.85. The summed E-state index contributed by atoms with van der Waals surface area (Å²) >= 11 is 0. The summed E-state index contributed by atoms with van der Waals surface area (Å²) in [6, 6.07) is -0.537. The highest BCUT2D eigenvalue weighted by Crippen LogP contribution is 2.38. The van der Waals surface area contributed by atoms with Crippen molar-refractivity contribution in [1.29, 1.82) is 0 Å². The highest BCUT2D eigenvalue weighted by Gasteiger charge is 2.52. The standard InChI is InChI=1S/C35H64N4O8/c1-21(2)38-14-16-39(17-15-38)31(42)27-25(6)46-33(43)34(7,8)29(41)24(5)30(35(9,44-13)19-22(3)20-37(27)12)47-32-28(40)26(36(10)11)18-23(4)45-32/h21-28,30,32,40H,14-20H2,1-13H3/t22-,23-,24+,25+,26+,27-,28-,30-,32+,35-/m1/s1. The second kappa shape index (κ2) is 15.9. The van der Waals surface area contributed by atoms with Crippen molar-refractivity contribution < 1.29 is 38.4 Å². The van der Waals surface area contributed by atoms with Gasteiger partial charge >= 0.3 is 5.97 Å². The number of rotatable bonds is 6. The molecule has 0 radical (unpaired) electrons. The third-order valence-corrected chi connectivity index (χ3v) is 10.8. The number of nitrogens with zero attached hydrogens (tertiary/aromatic N) is 4. The maximum atomic E-state index is 14.3. The third-order valence-electron chi connectivity index (χ3n) is 10.8. The Labute approximate surface area is 283 Å². The van der Waals surface area contributed by atoms with Crippen molar-refractivity contribution in [1.82, 2.24) is 19.6 Å². The lowest BCUT2D eigenvalue weighted by Crippen LogP contribution is -2.59. The van der Waals surface area contributed by atoms with Gasteiger partial charge in [-0.15, -0.1) is 0 Å². The Morgan fingerprint density at radius 2 is 1.64 bits per heavy atom. The number of aliphatic hydroxyl groups is 1. The molecule has 3 aliphatic heterocycles. The maximum absolute atomic E-state index is 14.3. The number of amides is 1. The highest BCUT2D eigenvalue weighted by atomic mass is 16.7. The average molecular weight is 669 g/mol. The molecule has 0 spiro atoms. The molecule has 10 atom stereocenters. The van der Waals surface area contributed by atoms with Crippen molar-refractivity contribution in [3.63, 3.8) is 0 Å². The van der Waals surface area contributed by atoms with Crippen molar-refractivity contribution in [2.24, 2.45) is 17.3 Å². The van der Waals surface area contributed by atoms with Crippen molar-refractivity contribution in [3.8, 4) is 0 Å². The normalized spacial score (nSPS) is 38.9. The Bertz CT molecular complexity index is 1080. The van der Waals surface area contributed by atoms with Crippen molar-refractivity contribution in [3.05, 3.63) is 0 Å². The van der Waals surface area contributed by atoms with Crippen LogP contribution in [0.4, 0.5) is 0 Å². The Hall–Kier alpha value is -1.67. The number of Topliss-reactive ketones (excluding diaryl/α,β-unsaturated/α-hetero) is 1. The van der Waals surface area contributed by atoms with Gasteiger partial charge in [-0.1, -0.05) is 13.8 Å². The molecule has 0 aliphatic carbocycles. The van der Waals surface area contributed by atoms with Crippen molar-refractivity contribution >= 4 is 17.7 Å². The molecule has 12 heteroatoms. The molecule has 0 bridgehead atoms. The zero-order chi connectivity index (χ0) is 35.6. The molecule has 0 aromatic heterocycles. The molecular weight excluding hydrogens is 604 g/mol. The van der Waals surface area contributed by atoms with E-state index in [0.717, 1.165) is 13.1 Å². The summed E-state index contributed by atoms with van der Waals surface area (Å²) in [5.74, 6) is -2.01. The number of esters is 1. The molecule has 272 valence electrons. The summed E-state index contributed by atoms with van der Waals surface area (Å²) in [6.45, 7) is 20.1. The summed E-state index contributed by atoms with van der Waals surface area (Å²) in [5, 5.41) is 11.3. The largest absolute Gasteiger partial charge is 0.460 e. The fourth-order valence-corrected chi connectivity index (χ4v) is 7.85. The molecule has 1 amide bonds. The van der Waals surface area contributed by atoms with Gasteiger partial charge in [0.1, 0.15) is 23.7 Å². The number of likely N-dealkylation sites (N-methyl/N-ethyl adjacent to an activating group) is 2. The quantitative estimate of drug-likeness (QED) is 0.332. The minimum absolute atomic E-state index is 0.0197. The van der Waals surface area contributed by atoms with E-state index in [0.29, 0.717) is 38.5 Å². The molecule has 3 rings (SSSR count). The van der Waals surface area contributed by atoms with Gasteiger partial charge in [0.05, 0.1) is 17.8 Å². The number of ketones is 1. The molecule has 0 saturated carbocycles. The number of hydrogen-bond acceptors (Lipinski definition) is 11. The van der Waals surface area contributed by atoms with Gasteiger partial charge < -0.3 is 33.9 Å². The number of piperazine rings is 1. The van der Waals surface area contributed by atoms with Crippen LogP contribution in [-0.2, 0) is 33.3 Å². The van der Waals surface area contributed by atoms with Crippen LogP contribution in [0.1, 0.15) is 75.2 Å². The Kier molecular flexibility index (Phi) is 13.5. The molecule has 0 aromatic rings. The summed E-state index contributed by atoms with van der Waals surface area (Å²) in [7, 11) is 7.30. The van der Waals surface area contributed by atoms with E-state index in [1.165, 1.54) is 0 Å². The van der Waals surface area contributed by atoms with Crippen molar-refractivity contribution in [2.45, 2.75) is 130 Å².